The lowest BCUT2D eigenvalue weighted by atomic mass is 10.4. The maximum Gasteiger partial charge on any atom is 0.229 e. The molecule has 0 amide bonds. The molecule has 118 valence electrons. The van der Waals surface area contributed by atoms with Crippen molar-refractivity contribution in [3.8, 4) is 0 Å². The molecule has 0 saturated heterocycles. The molecule has 2 heterocycles. The summed E-state index contributed by atoms with van der Waals surface area (Å²) in [7, 11) is 3.72. The van der Waals surface area contributed by atoms with Crippen LogP contribution in [0.3, 0.4) is 0 Å². The van der Waals surface area contributed by atoms with Gasteiger partial charge in [-0.25, -0.2) is 0 Å². The minimum atomic E-state index is -0.01000. The molecule has 0 saturated carbocycles. The fourth-order valence-electron chi connectivity index (χ4n) is 1.47. The van der Waals surface area contributed by atoms with E-state index in [0.717, 1.165) is 9.47 Å². The summed E-state index contributed by atoms with van der Waals surface area (Å²) < 4.78 is 0.837. The third-order valence-corrected chi connectivity index (χ3v) is 4.57. The molecule has 2 rings (SSSR count). The van der Waals surface area contributed by atoms with E-state index in [1.165, 1.54) is 23.1 Å². The first kappa shape index (κ1) is 16.4. The Balaban J connectivity index is 2.09. The van der Waals surface area contributed by atoms with Crippen molar-refractivity contribution in [2.45, 2.75) is 16.5 Å². The minimum absolute atomic E-state index is 0.01000. The van der Waals surface area contributed by atoms with E-state index in [0.29, 0.717) is 18.3 Å². The van der Waals surface area contributed by atoms with Gasteiger partial charge < -0.3 is 16.0 Å². The number of nitrogen functional groups attached to an aromatic ring is 1. The second-order valence-corrected chi connectivity index (χ2v) is 7.11. The molecule has 0 aliphatic heterocycles. The van der Waals surface area contributed by atoms with Gasteiger partial charge in [-0.2, -0.15) is 15.0 Å². The lowest BCUT2D eigenvalue weighted by Gasteiger charge is -2.13. The van der Waals surface area contributed by atoms with Gasteiger partial charge in [-0.05, 0) is 6.92 Å². The number of hydrogen-bond acceptors (Lipinski definition) is 10. The van der Waals surface area contributed by atoms with E-state index in [9.17, 15) is 0 Å². The van der Waals surface area contributed by atoms with Crippen LogP contribution < -0.4 is 16.0 Å². The summed E-state index contributed by atoms with van der Waals surface area (Å²) in [4.78, 5) is 14.5. The van der Waals surface area contributed by atoms with Gasteiger partial charge in [-0.15, -0.1) is 16.8 Å². The average Bonchev–Trinajstić information content (AvgIpc) is 2.91. The van der Waals surface area contributed by atoms with Crippen LogP contribution in [0.4, 0.5) is 17.0 Å². The SMILES string of the molecule is C=CCNc1nnc(S[C@H](C)c2nc(N)nc(N(C)C)n2)s1. The van der Waals surface area contributed by atoms with E-state index in [1.54, 1.807) is 11.0 Å². The Hall–Kier alpha value is -1.94. The van der Waals surface area contributed by atoms with Gasteiger partial charge in [0.1, 0.15) is 5.82 Å². The number of nitrogens with one attached hydrogen (secondary N) is 1. The van der Waals surface area contributed by atoms with Gasteiger partial charge in [0.05, 0.1) is 5.25 Å². The van der Waals surface area contributed by atoms with Crippen molar-refractivity contribution in [1.82, 2.24) is 25.1 Å². The lowest BCUT2D eigenvalue weighted by molar-refractivity contribution is 0.863. The summed E-state index contributed by atoms with van der Waals surface area (Å²) in [5, 5.41) is 12.1. The Bertz CT molecular complexity index is 642. The van der Waals surface area contributed by atoms with Crippen molar-refractivity contribution in [2.24, 2.45) is 0 Å². The van der Waals surface area contributed by atoms with Gasteiger partial charge in [0.15, 0.2) is 4.34 Å². The standard InChI is InChI=1S/C12H18N8S2/c1-5-6-14-11-18-19-12(22-11)21-7(2)8-15-9(13)17-10(16-8)20(3)4/h5,7H,1,6H2,2-4H3,(H,14,18)(H2,13,15,16,17)/t7-/m1/s1. The molecule has 10 heteroatoms. The molecule has 2 aromatic heterocycles. The number of rotatable bonds is 7. The fourth-order valence-corrected chi connectivity index (χ4v) is 3.42. The number of anilines is 3. The van der Waals surface area contributed by atoms with Crippen LogP contribution in [0.1, 0.15) is 18.0 Å². The molecule has 0 aromatic carbocycles. The molecule has 0 aliphatic carbocycles. The number of nitrogens with two attached hydrogens (primary N) is 1. The zero-order valence-electron chi connectivity index (χ0n) is 12.6. The third kappa shape index (κ3) is 4.28. The predicted octanol–water partition coefficient (Wildman–Crippen LogP) is 1.82. The Kier molecular flexibility index (Phi) is 5.50. The van der Waals surface area contributed by atoms with Gasteiger partial charge in [0, 0.05) is 20.6 Å². The Morgan fingerprint density at radius 2 is 2.14 bits per heavy atom. The van der Waals surface area contributed by atoms with Crippen LogP contribution in [0.25, 0.3) is 0 Å². The summed E-state index contributed by atoms with van der Waals surface area (Å²) in [5.41, 5.74) is 5.74. The van der Waals surface area contributed by atoms with Crippen LogP contribution in [-0.4, -0.2) is 45.8 Å². The summed E-state index contributed by atoms with van der Waals surface area (Å²) in [6.07, 6.45) is 1.77. The lowest BCUT2D eigenvalue weighted by Crippen LogP contribution is -2.16. The van der Waals surface area contributed by atoms with Crippen LogP contribution in [0.5, 0.6) is 0 Å². The summed E-state index contributed by atoms with van der Waals surface area (Å²) in [5.74, 6) is 1.38. The van der Waals surface area contributed by atoms with Crippen molar-refractivity contribution in [2.75, 3.05) is 36.6 Å². The highest BCUT2D eigenvalue weighted by Gasteiger charge is 2.16. The predicted molar refractivity (Wildman–Crippen MR) is 91.4 cm³/mol. The van der Waals surface area contributed by atoms with E-state index in [1.807, 2.05) is 21.0 Å². The zero-order chi connectivity index (χ0) is 16.1. The molecule has 0 spiro atoms. The second kappa shape index (κ2) is 7.36. The van der Waals surface area contributed by atoms with Crippen molar-refractivity contribution >= 4 is 40.1 Å². The normalized spacial score (nSPS) is 12.0. The van der Waals surface area contributed by atoms with E-state index in [4.69, 9.17) is 5.73 Å². The van der Waals surface area contributed by atoms with Gasteiger partial charge in [-0.3, -0.25) is 0 Å². The highest BCUT2D eigenvalue weighted by atomic mass is 32.2. The molecule has 8 nitrogen and oxygen atoms in total. The summed E-state index contributed by atoms with van der Waals surface area (Å²) in [6, 6.07) is 0. The smallest absolute Gasteiger partial charge is 0.229 e. The van der Waals surface area contributed by atoms with Crippen LogP contribution in [0, 0.1) is 0 Å². The van der Waals surface area contributed by atoms with Crippen molar-refractivity contribution < 1.29 is 0 Å². The van der Waals surface area contributed by atoms with Crippen molar-refractivity contribution in [1.29, 1.82) is 0 Å². The number of aromatic nitrogens is 5. The minimum Gasteiger partial charge on any atom is -0.368 e. The Morgan fingerprint density at radius 1 is 1.36 bits per heavy atom. The molecule has 1 atom stereocenters. The first-order valence-electron chi connectivity index (χ1n) is 6.53. The first-order valence-corrected chi connectivity index (χ1v) is 8.23. The van der Waals surface area contributed by atoms with E-state index >= 15 is 0 Å². The number of nitrogens with zero attached hydrogens (tertiary/aromatic N) is 6. The largest absolute Gasteiger partial charge is 0.368 e. The highest BCUT2D eigenvalue weighted by Crippen LogP contribution is 2.36. The zero-order valence-corrected chi connectivity index (χ0v) is 14.3. The second-order valence-electron chi connectivity index (χ2n) is 4.55. The molecule has 0 radical (unpaired) electrons. The van der Waals surface area contributed by atoms with Gasteiger partial charge >= 0.3 is 0 Å². The first-order chi connectivity index (χ1) is 10.5. The van der Waals surface area contributed by atoms with Crippen LogP contribution in [0.2, 0.25) is 0 Å². The molecule has 22 heavy (non-hydrogen) atoms. The Morgan fingerprint density at radius 3 is 2.82 bits per heavy atom. The third-order valence-electron chi connectivity index (χ3n) is 2.50. The van der Waals surface area contributed by atoms with Crippen LogP contribution in [-0.2, 0) is 0 Å². The summed E-state index contributed by atoms with van der Waals surface area (Å²) >= 11 is 3.01. The Labute approximate surface area is 137 Å². The van der Waals surface area contributed by atoms with Crippen LogP contribution >= 0.6 is 23.1 Å². The molecule has 0 aliphatic rings. The molecule has 2 aromatic rings. The number of hydrogen-bond donors (Lipinski definition) is 2. The number of thioether (sulfide) groups is 1. The van der Waals surface area contributed by atoms with E-state index in [2.05, 4.69) is 37.0 Å². The van der Waals surface area contributed by atoms with Gasteiger partial charge in [0.25, 0.3) is 0 Å². The molecule has 0 fully saturated rings. The van der Waals surface area contributed by atoms with Gasteiger partial charge in [0.2, 0.25) is 17.0 Å². The van der Waals surface area contributed by atoms with E-state index < -0.39 is 0 Å². The molecular formula is C12H18N8S2. The monoisotopic (exact) mass is 338 g/mol. The summed E-state index contributed by atoms with van der Waals surface area (Å²) in [6.45, 7) is 6.31. The fraction of sp³-hybridized carbons (Fsp3) is 0.417. The maximum absolute atomic E-state index is 5.74. The van der Waals surface area contributed by atoms with Crippen LogP contribution in [0.15, 0.2) is 17.0 Å². The average molecular weight is 338 g/mol. The molecule has 3 N–H and O–H groups in total. The highest BCUT2D eigenvalue weighted by molar-refractivity contribution is 8.01. The van der Waals surface area contributed by atoms with Gasteiger partial charge in [-0.1, -0.05) is 29.2 Å². The molecular weight excluding hydrogens is 320 g/mol. The van der Waals surface area contributed by atoms with Crippen molar-refractivity contribution in [3.05, 3.63) is 18.5 Å². The molecule has 0 unspecified atom stereocenters. The maximum atomic E-state index is 5.74. The molecule has 0 bridgehead atoms. The van der Waals surface area contributed by atoms with Crippen molar-refractivity contribution in [3.63, 3.8) is 0 Å². The van der Waals surface area contributed by atoms with E-state index in [-0.39, 0.29) is 11.2 Å². The quantitative estimate of drug-likeness (QED) is 0.577. The topological polar surface area (TPSA) is 106 Å².